The lowest BCUT2D eigenvalue weighted by molar-refractivity contribution is -0.131. The Balaban J connectivity index is 1.38. The van der Waals surface area contributed by atoms with Crippen molar-refractivity contribution >= 4 is 51.2 Å². The minimum absolute atomic E-state index is 0.0324. The van der Waals surface area contributed by atoms with Crippen LogP contribution in [0.3, 0.4) is 0 Å². The van der Waals surface area contributed by atoms with Crippen LogP contribution < -0.4 is 9.47 Å². The summed E-state index contributed by atoms with van der Waals surface area (Å²) in [5.74, 6) is -3.13. The molecule has 11 nitrogen and oxygen atoms in total. The number of aromatic nitrogens is 3. The van der Waals surface area contributed by atoms with Gasteiger partial charge in [0.25, 0.3) is 0 Å². The normalized spacial score (nSPS) is 21.3. The van der Waals surface area contributed by atoms with Crippen LogP contribution in [0.4, 0.5) is 8.78 Å². The summed E-state index contributed by atoms with van der Waals surface area (Å²) < 4.78 is 68.6. The number of nitrogens with zero attached hydrogens (tertiary/aromatic N) is 3. The van der Waals surface area contributed by atoms with Crippen molar-refractivity contribution in [2.75, 3.05) is 19.8 Å². The van der Waals surface area contributed by atoms with Gasteiger partial charge in [-0.25, -0.2) is 13.6 Å². The minimum atomic E-state index is -2.07. The van der Waals surface area contributed by atoms with E-state index in [1.165, 1.54) is 0 Å². The first-order chi connectivity index (χ1) is 23.3. The molecule has 16 heteroatoms. The van der Waals surface area contributed by atoms with E-state index in [-0.39, 0.29) is 64.7 Å². The van der Waals surface area contributed by atoms with Crippen molar-refractivity contribution in [3.63, 3.8) is 0 Å². The molecule has 0 radical (unpaired) electrons. The molecule has 0 unspecified atom stereocenters. The van der Waals surface area contributed by atoms with Crippen LogP contribution in [0.25, 0.3) is 17.2 Å². The molecule has 50 heavy (non-hydrogen) atoms. The van der Waals surface area contributed by atoms with Gasteiger partial charge >= 0.3 is 12.0 Å². The zero-order valence-corrected chi connectivity index (χ0v) is 32.5. The number of hydrogen-bond acceptors (Lipinski definition) is 9. The third-order valence-corrected chi connectivity index (χ3v) is 15.7. The van der Waals surface area contributed by atoms with Gasteiger partial charge in [0.2, 0.25) is 5.88 Å². The molecule has 5 rings (SSSR count). The van der Waals surface area contributed by atoms with E-state index < -0.39 is 46.7 Å². The Morgan fingerprint density at radius 2 is 1.70 bits per heavy atom. The van der Waals surface area contributed by atoms with Crippen LogP contribution in [-0.2, 0) is 36.8 Å². The molecule has 0 amide bonds. The average molecular weight is 754 g/mol. The fraction of sp³-hybridized carbons (Fsp3) is 0.559. The van der Waals surface area contributed by atoms with Crippen LogP contribution in [-0.4, -0.2) is 86.2 Å². The first-order valence-corrected chi connectivity index (χ1v) is 23.6. The third kappa shape index (κ3) is 8.92. The number of hydrogen-bond donors (Lipinski definition) is 1. The number of fused-ring (bicyclic) bond motifs is 2. The van der Waals surface area contributed by atoms with Crippen LogP contribution in [0.15, 0.2) is 24.3 Å². The van der Waals surface area contributed by atoms with Crippen molar-refractivity contribution in [1.82, 2.24) is 14.5 Å². The number of carboxylic acid groups (broad SMARTS) is 1. The lowest BCUT2D eigenvalue weighted by Gasteiger charge is -2.39. The largest absolute Gasteiger partial charge is 0.478 e. The van der Waals surface area contributed by atoms with E-state index in [0.717, 1.165) is 30.3 Å². The average Bonchev–Trinajstić information content (AvgIpc) is 3.67. The van der Waals surface area contributed by atoms with Gasteiger partial charge in [-0.1, -0.05) is 52.0 Å². The highest BCUT2D eigenvalue weighted by atomic mass is 35.5. The summed E-state index contributed by atoms with van der Waals surface area (Å²) in [6, 6.07) is 4.74. The Morgan fingerprint density at radius 3 is 2.32 bits per heavy atom. The molecule has 274 valence electrons. The highest BCUT2D eigenvalue weighted by Gasteiger charge is 2.52. The van der Waals surface area contributed by atoms with Gasteiger partial charge in [-0.2, -0.15) is 9.97 Å². The van der Waals surface area contributed by atoms with Crippen molar-refractivity contribution < 1.29 is 46.8 Å². The second-order valence-corrected chi connectivity index (χ2v) is 26.2. The molecule has 4 heterocycles. The second kappa shape index (κ2) is 15.0. The second-order valence-electron chi connectivity index (χ2n) is 15.4. The molecule has 0 saturated carbocycles. The van der Waals surface area contributed by atoms with E-state index in [1.807, 2.05) is 0 Å². The smallest absolute Gasteiger partial charge is 0.328 e. The molecule has 2 aliphatic rings. The van der Waals surface area contributed by atoms with E-state index in [4.69, 9.17) is 44.8 Å². The summed E-state index contributed by atoms with van der Waals surface area (Å²) in [4.78, 5) is 20.0. The number of halogens is 3. The van der Waals surface area contributed by atoms with Gasteiger partial charge < -0.3 is 33.2 Å². The number of rotatable bonds is 14. The van der Waals surface area contributed by atoms with Gasteiger partial charge in [-0.15, -0.1) is 0 Å². The Labute approximate surface area is 298 Å². The van der Waals surface area contributed by atoms with Gasteiger partial charge in [0.05, 0.1) is 24.9 Å². The van der Waals surface area contributed by atoms with Crippen LogP contribution >= 0.6 is 11.6 Å². The molecule has 0 bridgehead atoms. The predicted octanol–water partition coefficient (Wildman–Crippen LogP) is 7.29. The lowest BCUT2D eigenvalue weighted by atomic mass is 10.1. The molecular weight excluding hydrogens is 708 g/mol. The number of carboxylic acids is 1. The molecule has 0 spiro atoms. The zero-order valence-electron chi connectivity index (χ0n) is 29.7. The van der Waals surface area contributed by atoms with Gasteiger partial charge in [-0.3, -0.25) is 4.57 Å². The van der Waals surface area contributed by atoms with Crippen molar-refractivity contribution in [2.45, 2.75) is 102 Å². The maximum absolute atomic E-state index is 14.8. The minimum Gasteiger partial charge on any atom is -0.478 e. The topological polar surface area (TPSA) is 123 Å². The van der Waals surface area contributed by atoms with Gasteiger partial charge in [0.15, 0.2) is 20.1 Å². The van der Waals surface area contributed by atoms with Crippen LogP contribution in [0.1, 0.15) is 31.9 Å². The molecule has 1 N–H and O–H groups in total. The summed E-state index contributed by atoms with van der Waals surface area (Å²) in [7, 11) is -3.45. The van der Waals surface area contributed by atoms with Gasteiger partial charge in [0.1, 0.15) is 47.7 Å². The first-order valence-electron chi connectivity index (χ1n) is 16.6. The monoisotopic (exact) mass is 753 g/mol. The highest BCUT2D eigenvalue weighted by molar-refractivity contribution is 6.76. The van der Waals surface area contributed by atoms with E-state index in [0.29, 0.717) is 24.4 Å². The number of carbonyl (C=O) groups is 1. The SMILES string of the molecule is CC(C)(C)[Si](C)(C)O[C@@H]1CO[C@H]2[C@@H]1OC[C@H]2Oc1nc2cc(Cl)c(OCc3c(F)cc(C=CC(=O)O)cc3F)nc2n1COCC[Si](C)(C)C. The van der Waals surface area contributed by atoms with Gasteiger partial charge in [0, 0.05) is 20.8 Å². The van der Waals surface area contributed by atoms with Crippen LogP contribution in [0.2, 0.25) is 48.8 Å². The number of ether oxygens (including phenoxy) is 5. The van der Waals surface area contributed by atoms with Crippen molar-refractivity contribution in [1.29, 1.82) is 0 Å². The van der Waals surface area contributed by atoms with E-state index in [9.17, 15) is 13.6 Å². The first kappa shape index (κ1) is 38.3. The number of benzene rings is 1. The molecule has 2 saturated heterocycles. The standard InChI is InChI=1S/C34H46ClF2N3O8Si2/c1-34(2,3)50(7,8)48-27-18-45-29-26(17-44-30(27)29)47-33-38-25-15-22(35)32(39-31(25)40(33)19-43-11-12-49(4,5)6)46-16-21-23(36)13-20(14-24(21)37)9-10-28(41)42/h9-10,13-15,26-27,29-30H,11-12,16-19H2,1-8H3,(H,41,42)/t26-,27-,29-,30-/m1/s1. The summed E-state index contributed by atoms with van der Waals surface area (Å²) in [6.45, 7) is 18.5. The fourth-order valence-electron chi connectivity index (χ4n) is 5.32. The van der Waals surface area contributed by atoms with Crippen molar-refractivity contribution in [3.05, 3.63) is 52.1 Å². The van der Waals surface area contributed by atoms with Crippen molar-refractivity contribution in [2.24, 2.45) is 0 Å². The summed E-state index contributed by atoms with van der Waals surface area (Å²) in [6.07, 6.45) is 0.560. The number of aliphatic carboxylic acids is 1. The summed E-state index contributed by atoms with van der Waals surface area (Å²) in [5.41, 5.74) is 0.422. The summed E-state index contributed by atoms with van der Waals surface area (Å²) >= 11 is 6.52. The molecule has 1 aromatic carbocycles. The maximum Gasteiger partial charge on any atom is 0.328 e. The van der Waals surface area contributed by atoms with E-state index >= 15 is 0 Å². The molecule has 2 aromatic heterocycles. The Morgan fingerprint density at radius 1 is 1.06 bits per heavy atom. The zero-order chi connectivity index (χ0) is 36.6. The van der Waals surface area contributed by atoms with Crippen molar-refractivity contribution in [3.8, 4) is 11.9 Å². The molecule has 4 atom stereocenters. The number of pyridine rings is 1. The Bertz CT molecular complexity index is 1720. The highest BCUT2D eigenvalue weighted by Crippen LogP contribution is 2.41. The lowest BCUT2D eigenvalue weighted by Crippen LogP contribution is -2.47. The van der Waals surface area contributed by atoms with Crippen LogP contribution in [0.5, 0.6) is 11.9 Å². The Kier molecular flexibility index (Phi) is 11.5. The quantitative estimate of drug-likeness (QED) is 0.102. The van der Waals surface area contributed by atoms with E-state index in [1.54, 1.807) is 10.6 Å². The fourth-order valence-corrected chi connectivity index (χ4v) is 7.59. The number of imidazole rings is 1. The van der Waals surface area contributed by atoms with E-state index in [2.05, 4.69) is 63.5 Å². The summed E-state index contributed by atoms with van der Waals surface area (Å²) in [5, 5.41) is 8.92. The molecule has 0 aliphatic carbocycles. The van der Waals surface area contributed by atoms with Gasteiger partial charge in [-0.05, 0) is 54.0 Å². The Hall–Kier alpha value is -2.93. The molecule has 2 aliphatic heterocycles. The third-order valence-electron chi connectivity index (χ3n) is 9.23. The van der Waals surface area contributed by atoms with Crippen LogP contribution in [0, 0.1) is 11.6 Å². The predicted molar refractivity (Wildman–Crippen MR) is 190 cm³/mol. The molecular formula is C34H46ClF2N3O8Si2. The molecule has 3 aromatic rings. The maximum atomic E-state index is 14.8. The molecule has 2 fully saturated rings.